The van der Waals surface area contributed by atoms with Gasteiger partial charge in [0.15, 0.2) is 5.78 Å². The van der Waals surface area contributed by atoms with Crippen LogP contribution in [0.4, 0.5) is 0 Å². The molecule has 4 N–H and O–H groups in total. The average molecular weight is 573 g/mol. The van der Waals surface area contributed by atoms with Crippen LogP contribution in [-0.2, 0) is 30.4 Å². The Bertz CT molecular complexity index is 1110. The number of nitrogens with one attached hydrogen (secondary N) is 3. The molecule has 1 aromatic carbocycles. The maximum Gasteiger partial charge on any atom is 0.246 e. The molecule has 2 aliphatic rings. The molecule has 0 aliphatic carbocycles. The van der Waals surface area contributed by atoms with Gasteiger partial charge >= 0.3 is 0 Å². The van der Waals surface area contributed by atoms with Crippen LogP contribution in [0.15, 0.2) is 24.3 Å². The monoisotopic (exact) mass is 572 g/mol. The SMILES string of the molecule is CC[C@]1(C)NC(=O)[C@H](CCCCCC(=O)[C@@H](C)O)NC(=O)[C@H]2CCCN2C(=O)[C@H](Cc2ccc(OC)cc2)NC1=O. The van der Waals surface area contributed by atoms with Crippen LogP contribution in [0, 0.1) is 0 Å². The predicted molar refractivity (Wildman–Crippen MR) is 152 cm³/mol. The largest absolute Gasteiger partial charge is 0.497 e. The minimum atomic E-state index is -1.31. The first-order valence-electron chi connectivity index (χ1n) is 14.6. The highest BCUT2D eigenvalue weighted by atomic mass is 16.5. The van der Waals surface area contributed by atoms with Gasteiger partial charge in [-0.2, -0.15) is 0 Å². The van der Waals surface area contributed by atoms with Crippen LogP contribution in [-0.4, -0.2) is 82.8 Å². The topological polar surface area (TPSA) is 154 Å². The number of aliphatic hydroxyl groups is 1. The number of carbonyl (C=O) groups excluding carboxylic acids is 5. The van der Waals surface area contributed by atoms with Crippen molar-refractivity contribution < 1.29 is 33.8 Å². The summed E-state index contributed by atoms with van der Waals surface area (Å²) in [4.78, 5) is 67.5. The Morgan fingerprint density at radius 3 is 2.41 bits per heavy atom. The molecule has 0 saturated carbocycles. The second-order valence-electron chi connectivity index (χ2n) is 11.2. The summed E-state index contributed by atoms with van der Waals surface area (Å²) in [6.07, 6.45) is 2.86. The quantitative estimate of drug-likeness (QED) is 0.292. The normalized spacial score (nSPS) is 26.2. The molecule has 11 nitrogen and oxygen atoms in total. The van der Waals surface area contributed by atoms with Crippen LogP contribution in [0.3, 0.4) is 0 Å². The van der Waals surface area contributed by atoms with E-state index in [9.17, 15) is 29.1 Å². The first-order valence-corrected chi connectivity index (χ1v) is 14.6. The van der Waals surface area contributed by atoms with Crippen molar-refractivity contribution in [2.24, 2.45) is 0 Å². The Morgan fingerprint density at radius 1 is 1.07 bits per heavy atom. The number of aliphatic hydroxyl groups excluding tert-OH is 1. The van der Waals surface area contributed by atoms with Crippen LogP contribution in [0.1, 0.15) is 77.7 Å². The minimum absolute atomic E-state index is 0.216. The van der Waals surface area contributed by atoms with Crippen molar-refractivity contribution in [1.82, 2.24) is 20.9 Å². The van der Waals surface area contributed by atoms with E-state index in [1.807, 2.05) is 12.1 Å². The number of benzene rings is 1. The fourth-order valence-electron chi connectivity index (χ4n) is 5.25. The molecule has 2 heterocycles. The number of ether oxygens (including phenoxy) is 1. The highest BCUT2D eigenvalue weighted by Gasteiger charge is 2.43. The third-order valence-electron chi connectivity index (χ3n) is 8.16. The molecule has 0 bridgehead atoms. The van der Waals surface area contributed by atoms with E-state index in [-0.39, 0.29) is 31.0 Å². The van der Waals surface area contributed by atoms with Gasteiger partial charge in [0.1, 0.15) is 35.5 Å². The van der Waals surface area contributed by atoms with Gasteiger partial charge in [-0.3, -0.25) is 24.0 Å². The van der Waals surface area contributed by atoms with Crippen molar-refractivity contribution >= 4 is 29.4 Å². The lowest BCUT2D eigenvalue weighted by Gasteiger charge is -2.36. The fourth-order valence-corrected chi connectivity index (χ4v) is 5.25. The van der Waals surface area contributed by atoms with Crippen LogP contribution in [0.25, 0.3) is 0 Å². The van der Waals surface area contributed by atoms with Gasteiger partial charge in [0.2, 0.25) is 23.6 Å². The van der Waals surface area contributed by atoms with E-state index in [1.165, 1.54) is 11.8 Å². The van der Waals surface area contributed by atoms with E-state index in [0.29, 0.717) is 50.8 Å². The van der Waals surface area contributed by atoms with Crippen molar-refractivity contribution in [2.75, 3.05) is 13.7 Å². The Labute approximate surface area is 241 Å². The molecule has 2 fully saturated rings. The molecule has 0 unspecified atom stereocenters. The number of hydrogen-bond acceptors (Lipinski definition) is 7. The summed E-state index contributed by atoms with van der Waals surface area (Å²) in [6.45, 7) is 5.20. The Morgan fingerprint density at radius 2 is 1.78 bits per heavy atom. The zero-order chi connectivity index (χ0) is 30.2. The molecule has 11 heteroatoms. The van der Waals surface area contributed by atoms with E-state index in [2.05, 4.69) is 16.0 Å². The van der Waals surface area contributed by atoms with Crippen LogP contribution in [0.5, 0.6) is 5.75 Å². The van der Waals surface area contributed by atoms with E-state index in [0.717, 1.165) is 5.56 Å². The number of carbonyl (C=O) groups is 5. The van der Waals surface area contributed by atoms with Gasteiger partial charge < -0.3 is 30.7 Å². The number of Topliss-reactive ketones (excluding diaryl/α,β-unsaturated/α-hetero) is 1. The molecule has 0 aromatic heterocycles. The maximum atomic E-state index is 13.8. The number of nitrogens with zero attached hydrogens (tertiary/aromatic N) is 1. The fraction of sp³-hybridized carbons (Fsp3) is 0.633. The highest BCUT2D eigenvalue weighted by Crippen LogP contribution is 2.23. The Balaban J connectivity index is 1.82. The lowest BCUT2D eigenvalue weighted by molar-refractivity contribution is -0.144. The zero-order valence-electron chi connectivity index (χ0n) is 24.5. The second-order valence-corrected chi connectivity index (χ2v) is 11.2. The lowest BCUT2D eigenvalue weighted by atomic mass is 9.94. The van der Waals surface area contributed by atoms with Gasteiger partial charge in [-0.1, -0.05) is 31.9 Å². The lowest BCUT2D eigenvalue weighted by Crippen LogP contribution is -2.65. The number of fused-ring (bicyclic) bond motifs is 1. The predicted octanol–water partition coefficient (Wildman–Crippen LogP) is 1.40. The molecular formula is C30H44N4O7. The molecule has 4 amide bonds. The molecule has 2 saturated heterocycles. The molecule has 3 rings (SSSR count). The van der Waals surface area contributed by atoms with E-state index in [4.69, 9.17) is 4.74 Å². The average Bonchev–Trinajstić information content (AvgIpc) is 3.45. The first-order chi connectivity index (χ1) is 19.5. The van der Waals surface area contributed by atoms with Crippen LogP contribution < -0.4 is 20.7 Å². The summed E-state index contributed by atoms with van der Waals surface area (Å²) < 4.78 is 5.22. The van der Waals surface area contributed by atoms with Gasteiger partial charge in [0.05, 0.1) is 7.11 Å². The van der Waals surface area contributed by atoms with Crippen molar-refractivity contribution in [1.29, 1.82) is 0 Å². The third-order valence-corrected chi connectivity index (χ3v) is 8.16. The molecule has 2 aliphatic heterocycles. The number of ketones is 1. The molecule has 226 valence electrons. The van der Waals surface area contributed by atoms with Crippen LogP contribution >= 0.6 is 0 Å². The molecule has 1 aromatic rings. The third kappa shape index (κ3) is 8.28. The van der Waals surface area contributed by atoms with Crippen molar-refractivity contribution in [3.63, 3.8) is 0 Å². The number of amides is 4. The molecular weight excluding hydrogens is 528 g/mol. The first kappa shape index (κ1) is 32.0. The van der Waals surface area contributed by atoms with Gasteiger partial charge in [-0.15, -0.1) is 0 Å². The van der Waals surface area contributed by atoms with Crippen molar-refractivity contribution in [2.45, 2.75) is 108 Å². The maximum absolute atomic E-state index is 13.8. The second kappa shape index (κ2) is 14.4. The Hall–Kier alpha value is -3.47. The van der Waals surface area contributed by atoms with E-state index in [1.54, 1.807) is 33.1 Å². The van der Waals surface area contributed by atoms with Crippen LogP contribution in [0.2, 0.25) is 0 Å². The standard InChI is InChI=1S/C30H44N4O7/c1-5-30(3)29(40)32-23(18-20-13-15-21(41-4)16-14-20)28(39)34-17-9-11-24(34)27(38)31-22(26(37)33-30)10-7-6-8-12-25(36)19(2)35/h13-16,19,22-24,35H,5-12,17-18H2,1-4H3,(H,31,38)(H,32,40)(H,33,37)/t19-,22+,23+,24-,30+/m1/s1. The van der Waals surface area contributed by atoms with Gasteiger partial charge in [-0.25, -0.2) is 0 Å². The zero-order valence-corrected chi connectivity index (χ0v) is 24.5. The van der Waals surface area contributed by atoms with Crippen molar-refractivity contribution in [3.05, 3.63) is 29.8 Å². The number of hydrogen-bond donors (Lipinski definition) is 4. The summed E-state index contributed by atoms with van der Waals surface area (Å²) >= 11 is 0. The summed E-state index contributed by atoms with van der Waals surface area (Å²) in [5, 5.41) is 17.9. The molecule has 5 atom stereocenters. The van der Waals surface area contributed by atoms with E-state index < -0.39 is 47.5 Å². The molecule has 41 heavy (non-hydrogen) atoms. The number of methoxy groups -OCH3 is 1. The summed E-state index contributed by atoms with van der Waals surface area (Å²) in [7, 11) is 1.57. The van der Waals surface area contributed by atoms with Gasteiger partial charge in [0, 0.05) is 19.4 Å². The molecule has 0 spiro atoms. The molecule has 0 radical (unpaired) electrons. The summed E-state index contributed by atoms with van der Waals surface area (Å²) in [6, 6.07) is 4.65. The number of rotatable bonds is 11. The summed E-state index contributed by atoms with van der Waals surface area (Å²) in [5.74, 6) is -1.24. The summed E-state index contributed by atoms with van der Waals surface area (Å²) in [5.41, 5.74) is -0.500. The minimum Gasteiger partial charge on any atom is -0.497 e. The van der Waals surface area contributed by atoms with Crippen molar-refractivity contribution in [3.8, 4) is 5.75 Å². The van der Waals surface area contributed by atoms with E-state index >= 15 is 0 Å². The number of unbranched alkanes of at least 4 members (excludes halogenated alkanes) is 2. The Kier molecular flexibility index (Phi) is 11.3. The highest BCUT2D eigenvalue weighted by molar-refractivity contribution is 5.99. The van der Waals surface area contributed by atoms with Gasteiger partial charge in [-0.05, 0) is 63.6 Å². The smallest absolute Gasteiger partial charge is 0.246 e. The van der Waals surface area contributed by atoms with Gasteiger partial charge in [0.25, 0.3) is 0 Å².